The van der Waals surface area contributed by atoms with E-state index >= 15 is 0 Å². The standard InChI is InChI=1S/C19H19ClN4O4/c1-12-11-15(20)5-8-17(12)21-18(25)9-10-19(26)23-22-13(2)14-3-6-16(7-4-14)24(27)28/h3-8,11H,9-10H2,1-2H3,(H,21,25)(H,23,26). The molecule has 8 nitrogen and oxygen atoms in total. The minimum atomic E-state index is -0.491. The van der Waals surface area contributed by atoms with Gasteiger partial charge in [-0.05, 0) is 55.3 Å². The molecule has 0 spiro atoms. The molecule has 2 rings (SSSR count). The largest absolute Gasteiger partial charge is 0.326 e. The minimum absolute atomic E-state index is 0.000000917. The second-order valence-corrected chi connectivity index (χ2v) is 6.48. The maximum Gasteiger partial charge on any atom is 0.269 e. The van der Waals surface area contributed by atoms with Gasteiger partial charge in [0.05, 0.1) is 10.6 Å². The van der Waals surface area contributed by atoms with Gasteiger partial charge in [-0.1, -0.05) is 11.6 Å². The molecular formula is C19H19ClN4O4. The number of rotatable bonds is 7. The first-order valence-corrected chi connectivity index (χ1v) is 8.78. The lowest BCUT2D eigenvalue weighted by Crippen LogP contribution is -2.22. The van der Waals surface area contributed by atoms with E-state index in [-0.39, 0.29) is 24.4 Å². The van der Waals surface area contributed by atoms with Crippen LogP contribution in [0.2, 0.25) is 5.02 Å². The average Bonchev–Trinajstić information content (AvgIpc) is 2.66. The molecule has 9 heteroatoms. The van der Waals surface area contributed by atoms with Crippen molar-refractivity contribution < 1.29 is 14.5 Å². The number of amides is 2. The van der Waals surface area contributed by atoms with Gasteiger partial charge in [0.25, 0.3) is 5.69 Å². The third-order valence-electron chi connectivity index (χ3n) is 3.89. The summed E-state index contributed by atoms with van der Waals surface area (Å²) < 4.78 is 0. The number of carbonyl (C=O) groups is 2. The highest BCUT2D eigenvalue weighted by molar-refractivity contribution is 6.30. The Balaban J connectivity index is 1.83. The van der Waals surface area contributed by atoms with Crippen molar-refractivity contribution in [3.05, 3.63) is 68.7 Å². The third kappa shape index (κ3) is 6.17. The lowest BCUT2D eigenvalue weighted by Gasteiger charge is -2.08. The van der Waals surface area contributed by atoms with E-state index in [2.05, 4.69) is 15.8 Å². The van der Waals surface area contributed by atoms with Gasteiger partial charge >= 0.3 is 0 Å². The second kappa shape index (κ2) is 9.61. The van der Waals surface area contributed by atoms with Gasteiger partial charge in [-0.25, -0.2) is 5.43 Å². The minimum Gasteiger partial charge on any atom is -0.326 e. The van der Waals surface area contributed by atoms with E-state index in [0.717, 1.165) is 5.56 Å². The molecule has 0 fully saturated rings. The Morgan fingerprint density at radius 1 is 1.11 bits per heavy atom. The normalized spacial score (nSPS) is 11.0. The SMILES string of the molecule is CC(=NNC(=O)CCC(=O)Nc1ccc(Cl)cc1C)c1ccc([N+](=O)[O-])cc1. The van der Waals surface area contributed by atoms with E-state index in [9.17, 15) is 19.7 Å². The molecule has 0 aliphatic rings. The molecule has 28 heavy (non-hydrogen) atoms. The monoisotopic (exact) mass is 402 g/mol. The van der Waals surface area contributed by atoms with Crippen LogP contribution in [0.3, 0.4) is 0 Å². The van der Waals surface area contributed by atoms with Gasteiger partial charge in [0.15, 0.2) is 0 Å². The molecule has 146 valence electrons. The predicted octanol–water partition coefficient (Wildman–Crippen LogP) is 3.82. The van der Waals surface area contributed by atoms with E-state index in [4.69, 9.17) is 11.6 Å². The molecule has 0 saturated carbocycles. The number of hydrogen-bond acceptors (Lipinski definition) is 5. The Kier molecular flexibility index (Phi) is 7.22. The highest BCUT2D eigenvalue weighted by Gasteiger charge is 2.09. The van der Waals surface area contributed by atoms with E-state index in [1.54, 1.807) is 37.3 Å². The Bertz CT molecular complexity index is 926. The summed E-state index contributed by atoms with van der Waals surface area (Å²) in [6.07, 6.45) is -0.0322. The predicted molar refractivity (Wildman–Crippen MR) is 108 cm³/mol. The smallest absolute Gasteiger partial charge is 0.269 e. The number of carbonyl (C=O) groups excluding carboxylic acids is 2. The van der Waals surface area contributed by atoms with Crippen LogP contribution < -0.4 is 10.7 Å². The zero-order chi connectivity index (χ0) is 20.7. The highest BCUT2D eigenvalue weighted by atomic mass is 35.5. The first-order chi connectivity index (χ1) is 13.3. The molecule has 0 bridgehead atoms. The molecule has 2 N–H and O–H groups in total. The number of nitrogens with one attached hydrogen (secondary N) is 2. The molecule has 2 amide bonds. The Morgan fingerprint density at radius 2 is 1.75 bits per heavy atom. The van der Waals surface area contributed by atoms with Crippen molar-refractivity contribution in [2.75, 3.05) is 5.32 Å². The molecular weight excluding hydrogens is 384 g/mol. The fourth-order valence-corrected chi connectivity index (χ4v) is 2.52. The van der Waals surface area contributed by atoms with Gasteiger partial charge in [-0.2, -0.15) is 5.10 Å². The number of non-ortho nitro benzene ring substituents is 1. The molecule has 0 radical (unpaired) electrons. The number of halogens is 1. The number of nitro benzene ring substituents is 1. The van der Waals surface area contributed by atoms with E-state index < -0.39 is 10.8 Å². The van der Waals surface area contributed by atoms with Crippen molar-refractivity contribution >= 4 is 40.5 Å². The van der Waals surface area contributed by atoms with Gasteiger partial charge in [-0.3, -0.25) is 19.7 Å². The average molecular weight is 403 g/mol. The maximum absolute atomic E-state index is 12.0. The molecule has 2 aromatic carbocycles. The van der Waals surface area contributed by atoms with Crippen LogP contribution in [0.15, 0.2) is 47.6 Å². The Labute approximate surface area is 166 Å². The van der Waals surface area contributed by atoms with Crippen molar-refractivity contribution in [3.63, 3.8) is 0 Å². The molecule has 2 aromatic rings. The summed E-state index contributed by atoms with van der Waals surface area (Å²) in [5, 5.41) is 17.9. The van der Waals surface area contributed by atoms with Gasteiger partial charge < -0.3 is 5.32 Å². The molecule has 0 saturated heterocycles. The number of benzene rings is 2. The molecule has 0 aliphatic heterocycles. The van der Waals surface area contributed by atoms with Crippen LogP contribution in [-0.2, 0) is 9.59 Å². The highest BCUT2D eigenvalue weighted by Crippen LogP contribution is 2.19. The van der Waals surface area contributed by atoms with E-state index in [0.29, 0.717) is 22.0 Å². The van der Waals surface area contributed by atoms with Crippen LogP contribution in [0.5, 0.6) is 0 Å². The van der Waals surface area contributed by atoms with Crippen LogP contribution in [0.1, 0.15) is 30.9 Å². The zero-order valence-electron chi connectivity index (χ0n) is 15.4. The molecule has 0 aliphatic carbocycles. The molecule has 0 heterocycles. The number of nitro groups is 1. The maximum atomic E-state index is 12.0. The van der Waals surface area contributed by atoms with Crippen molar-refractivity contribution in [1.82, 2.24) is 5.43 Å². The third-order valence-corrected chi connectivity index (χ3v) is 4.12. The first-order valence-electron chi connectivity index (χ1n) is 8.40. The van der Waals surface area contributed by atoms with E-state index in [1.165, 1.54) is 12.1 Å². The number of anilines is 1. The molecule has 0 atom stereocenters. The number of aryl methyl sites for hydroxylation is 1. The molecule has 0 unspecified atom stereocenters. The van der Waals surface area contributed by atoms with E-state index in [1.807, 2.05) is 6.92 Å². The van der Waals surface area contributed by atoms with Crippen molar-refractivity contribution in [1.29, 1.82) is 0 Å². The van der Waals surface area contributed by atoms with Crippen LogP contribution in [0.4, 0.5) is 11.4 Å². The Morgan fingerprint density at radius 3 is 2.36 bits per heavy atom. The fourth-order valence-electron chi connectivity index (χ4n) is 2.30. The van der Waals surface area contributed by atoms with Gasteiger partial charge in [0.2, 0.25) is 11.8 Å². The summed E-state index contributed by atoms with van der Waals surface area (Å²) in [4.78, 5) is 34.0. The zero-order valence-corrected chi connectivity index (χ0v) is 16.1. The van der Waals surface area contributed by atoms with Crippen LogP contribution in [0.25, 0.3) is 0 Å². The number of hydrazone groups is 1. The van der Waals surface area contributed by atoms with Gasteiger partial charge in [0, 0.05) is 35.7 Å². The summed E-state index contributed by atoms with van der Waals surface area (Å²) in [5.74, 6) is -0.708. The van der Waals surface area contributed by atoms with Crippen molar-refractivity contribution in [3.8, 4) is 0 Å². The second-order valence-electron chi connectivity index (χ2n) is 6.04. The van der Waals surface area contributed by atoms with Crippen LogP contribution >= 0.6 is 11.6 Å². The lowest BCUT2D eigenvalue weighted by molar-refractivity contribution is -0.384. The first kappa shape index (κ1) is 21.0. The van der Waals surface area contributed by atoms with Crippen molar-refractivity contribution in [2.45, 2.75) is 26.7 Å². The van der Waals surface area contributed by atoms with Crippen LogP contribution in [0, 0.1) is 17.0 Å². The summed E-state index contributed by atoms with van der Waals surface area (Å²) in [5.41, 5.74) is 4.95. The summed E-state index contributed by atoms with van der Waals surface area (Å²) >= 11 is 5.87. The topological polar surface area (TPSA) is 114 Å². The quantitative estimate of drug-likeness (QED) is 0.416. The molecule has 0 aromatic heterocycles. The lowest BCUT2D eigenvalue weighted by atomic mass is 10.1. The number of nitrogens with zero attached hydrogens (tertiary/aromatic N) is 2. The van der Waals surface area contributed by atoms with Crippen LogP contribution in [-0.4, -0.2) is 22.4 Å². The summed E-state index contributed by atoms with van der Waals surface area (Å²) in [6, 6.07) is 10.9. The number of hydrogen-bond donors (Lipinski definition) is 2. The van der Waals surface area contributed by atoms with Gasteiger partial charge in [0.1, 0.15) is 0 Å². The van der Waals surface area contributed by atoms with Crippen molar-refractivity contribution in [2.24, 2.45) is 5.10 Å². The summed E-state index contributed by atoms with van der Waals surface area (Å²) in [6.45, 7) is 3.49. The fraction of sp³-hybridized carbons (Fsp3) is 0.211. The summed E-state index contributed by atoms with van der Waals surface area (Å²) in [7, 11) is 0. The van der Waals surface area contributed by atoms with Gasteiger partial charge in [-0.15, -0.1) is 0 Å². The Hall–Kier alpha value is -3.26.